The highest BCUT2D eigenvalue weighted by molar-refractivity contribution is 9.11. The van der Waals surface area contributed by atoms with E-state index >= 15 is 0 Å². The zero-order valence-corrected chi connectivity index (χ0v) is 11.3. The minimum atomic E-state index is -1.01. The van der Waals surface area contributed by atoms with Crippen molar-refractivity contribution in [1.29, 1.82) is 0 Å². The molecule has 0 saturated carbocycles. The summed E-state index contributed by atoms with van der Waals surface area (Å²) in [6, 6.07) is 2.61. The van der Waals surface area contributed by atoms with E-state index in [9.17, 15) is 14.7 Å². The van der Waals surface area contributed by atoms with E-state index in [1.807, 2.05) is 0 Å². The molecule has 1 aromatic rings. The summed E-state index contributed by atoms with van der Waals surface area (Å²) in [5, 5.41) is 9.18. The molecule has 88 valence electrons. The second kappa shape index (κ2) is 5.45. The lowest BCUT2D eigenvalue weighted by atomic mass is 10.2. The summed E-state index contributed by atoms with van der Waals surface area (Å²) in [7, 11) is 0. The highest BCUT2D eigenvalue weighted by Gasteiger charge is 2.29. The molecule has 0 spiro atoms. The quantitative estimate of drug-likeness (QED) is 0.930. The SMILES string of the molecule is CCN(C(C)=O)C(C(=O)O)c1ccc(Br)s1. The predicted octanol–water partition coefficient (Wildman–Crippen LogP) is 2.50. The number of amides is 1. The van der Waals surface area contributed by atoms with Crippen molar-refractivity contribution in [3.05, 3.63) is 20.8 Å². The monoisotopic (exact) mass is 305 g/mol. The molecular formula is C10H12BrNO3S. The molecule has 0 radical (unpaired) electrons. The van der Waals surface area contributed by atoms with Gasteiger partial charge in [0.1, 0.15) is 0 Å². The van der Waals surface area contributed by atoms with Gasteiger partial charge in [-0.1, -0.05) is 0 Å². The minimum Gasteiger partial charge on any atom is -0.479 e. The maximum Gasteiger partial charge on any atom is 0.331 e. The molecule has 1 N–H and O–H groups in total. The first-order chi connectivity index (χ1) is 7.47. The maximum atomic E-state index is 11.4. The lowest BCUT2D eigenvalue weighted by molar-refractivity contribution is -0.149. The van der Waals surface area contributed by atoms with E-state index in [0.29, 0.717) is 11.4 Å². The van der Waals surface area contributed by atoms with Gasteiger partial charge in [-0.15, -0.1) is 11.3 Å². The molecule has 1 heterocycles. The van der Waals surface area contributed by atoms with Crippen LogP contribution in [0.2, 0.25) is 0 Å². The topological polar surface area (TPSA) is 57.6 Å². The van der Waals surface area contributed by atoms with Crippen LogP contribution in [0.3, 0.4) is 0 Å². The van der Waals surface area contributed by atoms with Crippen LogP contribution < -0.4 is 0 Å². The fourth-order valence-corrected chi connectivity index (χ4v) is 3.00. The number of carbonyl (C=O) groups excluding carboxylic acids is 1. The van der Waals surface area contributed by atoms with Crippen LogP contribution >= 0.6 is 27.3 Å². The van der Waals surface area contributed by atoms with Crippen molar-refractivity contribution in [3.63, 3.8) is 0 Å². The summed E-state index contributed by atoms with van der Waals surface area (Å²) >= 11 is 4.61. The van der Waals surface area contributed by atoms with Crippen LogP contribution in [-0.4, -0.2) is 28.4 Å². The molecule has 16 heavy (non-hydrogen) atoms. The number of aliphatic carboxylic acids is 1. The highest BCUT2D eigenvalue weighted by atomic mass is 79.9. The Morgan fingerprint density at radius 1 is 1.56 bits per heavy atom. The average molecular weight is 306 g/mol. The first kappa shape index (κ1) is 13.2. The van der Waals surface area contributed by atoms with Crippen LogP contribution in [0.25, 0.3) is 0 Å². The smallest absolute Gasteiger partial charge is 0.331 e. The molecule has 1 atom stereocenters. The summed E-state index contributed by atoms with van der Waals surface area (Å²) in [6.07, 6.45) is 0. The molecule has 0 aromatic carbocycles. The Labute approximate surface area is 106 Å². The van der Waals surface area contributed by atoms with Crippen molar-refractivity contribution in [3.8, 4) is 0 Å². The third-order valence-corrected chi connectivity index (χ3v) is 3.83. The number of thiophene rings is 1. The van der Waals surface area contributed by atoms with Crippen LogP contribution in [-0.2, 0) is 9.59 Å². The number of rotatable bonds is 4. The molecule has 4 nitrogen and oxygen atoms in total. The number of carboxylic acid groups (broad SMARTS) is 1. The van der Waals surface area contributed by atoms with E-state index in [1.165, 1.54) is 23.2 Å². The Kier molecular flexibility index (Phi) is 4.49. The zero-order valence-electron chi connectivity index (χ0n) is 8.94. The third kappa shape index (κ3) is 2.82. The lowest BCUT2D eigenvalue weighted by Crippen LogP contribution is -2.36. The van der Waals surface area contributed by atoms with Crippen molar-refractivity contribution in [2.75, 3.05) is 6.54 Å². The van der Waals surface area contributed by atoms with Crippen LogP contribution in [0.4, 0.5) is 0 Å². The molecule has 1 aromatic heterocycles. The van der Waals surface area contributed by atoms with Crippen LogP contribution in [0.15, 0.2) is 15.9 Å². The Balaban J connectivity index is 3.08. The van der Waals surface area contributed by atoms with Gasteiger partial charge >= 0.3 is 5.97 Å². The van der Waals surface area contributed by atoms with Gasteiger partial charge < -0.3 is 10.0 Å². The highest BCUT2D eigenvalue weighted by Crippen LogP contribution is 2.31. The lowest BCUT2D eigenvalue weighted by Gasteiger charge is -2.25. The van der Waals surface area contributed by atoms with Crippen LogP contribution in [0.5, 0.6) is 0 Å². The van der Waals surface area contributed by atoms with Gasteiger partial charge in [-0.3, -0.25) is 4.79 Å². The molecule has 0 saturated heterocycles. The van der Waals surface area contributed by atoms with Crippen molar-refractivity contribution in [1.82, 2.24) is 4.90 Å². The zero-order chi connectivity index (χ0) is 12.3. The van der Waals surface area contributed by atoms with Gasteiger partial charge in [-0.2, -0.15) is 0 Å². The van der Waals surface area contributed by atoms with Crippen LogP contribution in [0.1, 0.15) is 24.8 Å². The summed E-state index contributed by atoms with van der Waals surface area (Å²) in [5.41, 5.74) is 0. The van der Waals surface area contributed by atoms with Gasteiger partial charge in [0, 0.05) is 18.3 Å². The van der Waals surface area contributed by atoms with Gasteiger partial charge in [0.2, 0.25) is 5.91 Å². The molecule has 1 unspecified atom stereocenters. The van der Waals surface area contributed by atoms with E-state index < -0.39 is 12.0 Å². The second-order valence-corrected chi connectivity index (χ2v) is 5.68. The Morgan fingerprint density at radius 3 is 2.50 bits per heavy atom. The summed E-state index contributed by atoms with van der Waals surface area (Å²) in [5.74, 6) is -1.24. The van der Waals surface area contributed by atoms with E-state index in [-0.39, 0.29) is 5.91 Å². The molecule has 0 fully saturated rings. The molecule has 1 amide bonds. The normalized spacial score (nSPS) is 12.2. The van der Waals surface area contributed by atoms with Gasteiger partial charge in [0.25, 0.3) is 0 Å². The molecule has 0 bridgehead atoms. The first-order valence-electron chi connectivity index (χ1n) is 4.72. The van der Waals surface area contributed by atoms with Gasteiger partial charge in [0.05, 0.1) is 3.79 Å². The second-order valence-electron chi connectivity index (χ2n) is 3.19. The van der Waals surface area contributed by atoms with Crippen molar-refractivity contribution >= 4 is 39.1 Å². The van der Waals surface area contributed by atoms with E-state index in [4.69, 9.17) is 0 Å². The average Bonchev–Trinajstić information content (AvgIpc) is 2.59. The molecule has 0 aliphatic heterocycles. The first-order valence-corrected chi connectivity index (χ1v) is 6.33. The summed E-state index contributed by atoms with van der Waals surface area (Å²) in [6.45, 7) is 3.52. The third-order valence-electron chi connectivity index (χ3n) is 2.15. The number of nitrogens with zero attached hydrogens (tertiary/aromatic N) is 1. The number of carbonyl (C=O) groups is 2. The van der Waals surface area contributed by atoms with E-state index in [0.717, 1.165) is 3.79 Å². The fraction of sp³-hybridized carbons (Fsp3) is 0.400. The Morgan fingerprint density at radius 2 is 2.19 bits per heavy atom. The maximum absolute atomic E-state index is 11.4. The number of likely N-dealkylation sites (N-methyl/N-ethyl adjacent to an activating group) is 1. The molecular weight excluding hydrogens is 294 g/mol. The summed E-state index contributed by atoms with van der Waals surface area (Å²) < 4.78 is 0.855. The Bertz CT molecular complexity index is 405. The summed E-state index contributed by atoms with van der Waals surface area (Å²) in [4.78, 5) is 24.6. The van der Waals surface area contributed by atoms with Crippen molar-refractivity contribution in [2.45, 2.75) is 19.9 Å². The molecule has 0 aliphatic rings. The number of hydrogen-bond donors (Lipinski definition) is 1. The largest absolute Gasteiger partial charge is 0.479 e. The number of halogens is 1. The molecule has 1 rings (SSSR count). The van der Waals surface area contributed by atoms with Gasteiger partial charge in [-0.25, -0.2) is 4.79 Å². The predicted molar refractivity (Wildman–Crippen MR) is 65.5 cm³/mol. The van der Waals surface area contributed by atoms with Gasteiger partial charge in [0.15, 0.2) is 6.04 Å². The molecule has 0 aliphatic carbocycles. The number of hydrogen-bond acceptors (Lipinski definition) is 3. The molecule has 6 heteroatoms. The fourth-order valence-electron chi connectivity index (χ4n) is 1.47. The number of carboxylic acids is 1. The Hall–Kier alpha value is -0.880. The van der Waals surface area contributed by atoms with E-state index in [2.05, 4.69) is 15.9 Å². The van der Waals surface area contributed by atoms with Crippen LogP contribution in [0, 0.1) is 0 Å². The minimum absolute atomic E-state index is 0.237. The van der Waals surface area contributed by atoms with Gasteiger partial charge in [-0.05, 0) is 35.0 Å². The standard InChI is InChI=1S/C10H12BrNO3S/c1-3-12(6(2)13)9(10(14)15)7-4-5-8(11)16-7/h4-5,9H,3H2,1-2H3,(H,14,15). The van der Waals surface area contributed by atoms with Crippen molar-refractivity contribution < 1.29 is 14.7 Å². The van der Waals surface area contributed by atoms with E-state index in [1.54, 1.807) is 19.1 Å². The van der Waals surface area contributed by atoms with Crippen molar-refractivity contribution in [2.24, 2.45) is 0 Å².